The molecular formula is C15H22N2OS2. The van der Waals surface area contributed by atoms with Gasteiger partial charge in [0.15, 0.2) is 0 Å². The van der Waals surface area contributed by atoms with Crippen molar-refractivity contribution in [3.05, 3.63) is 38.0 Å². The van der Waals surface area contributed by atoms with E-state index in [0.29, 0.717) is 12.5 Å². The highest BCUT2D eigenvalue weighted by Gasteiger charge is 2.19. The van der Waals surface area contributed by atoms with E-state index in [1.54, 1.807) is 18.4 Å². The molecule has 5 heteroatoms. The number of nitrogens with zero attached hydrogens (tertiary/aromatic N) is 1. The van der Waals surface area contributed by atoms with E-state index < -0.39 is 0 Å². The molecule has 0 aliphatic heterocycles. The third-order valence-electron chi connectivity index (χ3n) is 3.08. The van der Waals surface area contributed by atoms with Crippen molar-refractivity contribution in [1.29, 1.82) is 0 Å². The van der Waals surface area contributed by atoms with E-state index in [1.165, 1.54) is 15.4 Å². The zero-order valence-electron chi connectivity index (χ0n) is 12.5. The zero-order chi connectivity index (χ0) is 14.5. The molecule has 1 N–H and O–H groups in total. The van der Waals surface area contributed by atoms with Gasteiger partial charge in [0.05, 0.1) is 18.3 Å². The largest absolute Gasteiger partial charge is 0.383 e. The molecule has 0 fully saturated rings. The van der Waals surface area contributed by atoms with Crippen molar-refractivity contribution in [1.82, 2.24) is 10.3 Å². The average Bonchev–Trinajstić information content (AvgIpc) is 3.04. The van der Waals surface area contributed by atoms with Gasteiger partial charge in [-0.05, 0) is 25.0 Å². The summed E-state index contributed by atoms with van der Waals surface area (Å²) in [5.41, 5.74) is 1.18. The van der Waals surface area contributed by atoms with E-state index in [2.05, 4.69) is 43.6 Å². The Bertz CT molecular complexity index is 533. The van der Waals surface area contributed by atoms with Crippen molar-refractivity contribution in [3.63, 3.8) is 0 Å². The first kappa shape index (κ1) is 15.6. The summed E-state index contributed by atoms with van der Waals surface area (Å²) in [5, 5.41) is 6.87. The Morgan fingerprint density at radius 1 is 1.35 bits per heavy atom. The summed E-state index contributed by atoms with van der Waals surface area (Å²) in [4.78, 5) is 7.45. The van der Waals surface area contributed by atoms with Crippen LogP contribution in [0.2, 0.25) is 0 Å². The number of nitrogens with one attached hydrogen (secondary N) is 1. The molecular weight excluding hydrogens is 288 g/mol. The highest BCUT2D eigenvalue weighted by atomic mass is 32.1. The topological polar surface area (TPSA) is 34.1 Å². The molecule has 0 radical (unpaired) electrons. The number of ether oxygens (including phenoxy) is 1. The van der Waals surface area contributed by atoms with Gasteiger partial charge >= 0.3 is 0 Å². The Hall–Kier alpha value is -0.750. The third kappa shape index (κ3) is 3.88. The SMILES string of the molecule is COCCNC(c1ccc(C)s1)c1nc(C(C)C)cs1. The van der Waals surface area contributed by atoms with Crippen molar-refractivity contribution in [3.8, 4) is 0 Å². The lowest BCUT2D eigenvalue weighted by Crippen LogP contribution is -2.25. The molecule has 2 aromatic heterocycles. The molecule has 2 aromatic rings. The van der Waals surface area contributed by atoms with Gasteiger partial charge in [-0.3, -0.25) is 0 Å². The Labute approximate surface area is 129 Å². The molecule has 0 saturated carbocycles. The molecule has 3 nitrogen and oxygen atoms in total. The molecule has 0 aliphatic carbocycles. The molecule has 0 bridgehead atoms. The average molecular weight is 310 g/mol. The summed E-state index contributed by atoms with van der Waals surface area (Å²) in [6.07, 6.45) is 0. The van der Waals surface area contributed by atoms with Gasteiger partial charge in [-0.25, -0.2) is 4.98 Å². The number of hydrogen-bond acceptors (Lipinski definition) is 5. The number of aryl methyl sites for hydroxylation is 1. The Kier molecular flexibility index (Phi) is 5.72. The minimum atomic E-state index is 0.182. The first-order valence-corrected chi connectivity index (χ1v) is 8.55. The third-order valence-corrected chi connectivity index (χ3v) is 5.07. The second-order valence-corrected chi connectivity index (χ2v) is 7.30. The highest BCUT2D eigenvalue weighted by molar-refractivity contribution is 7.12. The van der Waals surface area contributed by atoms with Crippen molar-refractivity contribution >= 4 is 22.7 Å². The van der Waals surface area contributed by atoms with Crippen LogP contribution < -0.4 is 5.32 Å². The van der Waals surface area contributed by atoms with Gasteiger partial charge in [-0.2, -0.15) is 0 Å². The van der Waals surface area contributed by atoms with Gasteiger partial charge in [-0.15, -0.1) is 22.7 Å². The van der Waals surface area contributed by atoms with Crippen molar-refractivity contribution in [2.75, 3.05) is 20.3 Å². The minimum absolute atomic E-state index is 0.182. The normalized spacial score (nSPS) is 13.1. The van der Waals surface area contributed by atoms with Crippen LogP contribution in [-0.2, 0) is 4.74 Å². The van der Waals surface area contributed by atoms with Crippen LogP contribution in [0.25, 0.3) is 0 Å². The first-order chi connectivity index (χ1) is 9.61. The lowest BCUT2D eigenvalue weighted by Gasteiger charge is -2.15. The van der Waals surface area contributed by atoms with Crippen LogP contribution in [0.5, 0.6) is 0 Å². The zero-order valence-corrected chi connectivity index (χ0v) is 14.1. The second kappa shape index (κ2) is 7.31. The summed E-state index contributed by atoms with van der Waals surface area (Å²) >= 11 is 3.57. The molecule has 2 heterocycles. The van der Waals surface area contributed by atoms with Gasteiger partial charge in [-0.1, -0.05) is 13.8 Å². The molecule has 0 aliphatic rings. The molecule has 0 spiro atoms. The monoisotopic (exact) mass is 310 g/mol. The van der Waals surface area contributed by atoms with E-state index in [-0.39, 0.29) is 6.04 Å². The predicted molar refractivity (Wildman–Crippen MR) is 87.0 cm³/mol. The van der Waals surface area contributed by atoms with Crippen LogP contribution in [0.1, 0.15) is 46.3 Å². The summed E-state index contributed by atoms with van der Waals surface area (Å²) in [7, 11) is 1.73. The fourth-order valence-corrected chi connectivity index (χ4v) is 4.02. The number of aromatic nitrogens is 1. The second-order valence-electron chi connectivity index (χ2n) is 5.09. The maximum Gasteiger partial charge on any atom is 0.115 e. The smallest absolute Gasteiger partial charge is 0.115 e. The molecule has 0 amide bonds. The Balaban J connectivity index is 2.20. The molecule has 20 heavy (non-hydrogen) atoms. The van der Waals surface area contributed by atoms with E-state index in [9.17, 15) is 0 Å². The lowest BCUT2D eigenvalue weighted by atomic mass is 10.1. The number of thiazole rings is 1. The van der Waals surface area contributed by atoms with Crippen LogP contribution >= 0.6 is 22.7 Å². The predicted octanol–water partition coefficient (Wildman–Crippen LogP) is 3.96. The maximum atomic E-state index is 5.14. The number of thiophene rings is 1. The van der Waals surface area contributed by atoms with E-state index in [0.717, 1.165) is 11.6 Å². The molecule has 0 aromatic carbocycles. The molecule has 110 valence electrons. The van der Waals surface area contributed by atoms with E-state index in [1.807, 2.05) is 11.3 Å². The Morgan fingerprint density at radius 2 is 2.15 bits per heavy atom. The van der Waals surface area contributed by atoms with Crippen molar-refractivity contribution in [2.24, 2.45) is 0 Å². The maximum absolute atomic E-state index is 5.14. The molecule has 2 rings (SSSR count). The van der Waals surface area contributed by atoms with Gasteiger partial charge in [0, 0.05) is 28.8 Å². The minimum Gasteiger partial charge on any atom is -0.383 e. The van der Waals surface area contributed by atoms with Crippen LogP contribution in [0, 0.1) is 6.92 Å². The highest BCUT2D eigenvalue weighted by Crippen LogP contribution is 2.31. The van der Waals surface area contributed by atoms with Gasteiger partial charge in [0.25, 0.3) is 0 Å². The van der Waals surface area contributed by atoms with Crippen molar-refractivity contribution < 1.29 is 4.74 Å². The summed E-state index contributed by atoms with van der Waals surface area (Å²) < 4.78 is 5.14. The molecule has 1 atom stereocenters. The standard InChI is InChI=1S/C15H22N2OS2/c1-10(2)12-9-19-15(17-12)14(16-7-8-18-4)13-6-5-11(3)20-13/h5-6,9-10,14,16H,7-8H2,1-4H3. The molecule has 0 saturated heterocycles. The fraction of sp³-hybridized carbons (Fsp3) is 0.533. The summed E-state index contributed by atoms with van der Waals surface area (Å²) in [6, 6.07) is 4.55. The van der Waals surface area contributed by atoms with Crippen LogP contribution in [-0.4, -0.2) is 25.2 Å². The van der Waals surface area contributed by atoms with E-state index in [4.69, 9.17) is 9.72 Å². The quantitative estimate of drug-likeness (QED) is 0.786. The van der Waals surface area contributed by atoms with Crippen LogP contribution in [0.4, 0.5) is 0 Å². The van der Waals surface area contributed by atoms with Crippen molar-refractivity contribution in [2.45, 2.75) is 32.7 Å². The van der Waals surface area contributed by atoms with E-state index >= 15 is 0 Å². The van der Waals surface area contributed by atoms with Gasteiger partial charge < -0.3 is 10.1 Å². The van der Waals surface area contributed by atoms with Crippen LogP contribution in [0.15, 0.2) is 17.5 Å². The fourth-order valence-electron chi connectivity index (χ4n) is 1.92. The number of rotatable bonds is 7. The van der Waals surface area contributed by atoms with Gasteiger partial charge in [0.1, 0.15) is 5.01 Å². The molecule has 1 unspecified atom stereocenters. The number of methoxy groups -OCH3 is 1. The summed E-state index contributed by atoms with van der Waals surface area (Å²) in [6.45, 7) is 8.04. The van der Waals surface area contributed by atoms with Gasteiger partial charge in [0.2, 0.25) is 0 Å². The number of hydrogen-bond donors (Lipinski definition) is 1. The Morgan fingerprint density at radius 3 is 2.70 bits per heavy atom. The summed E-state index contributed by atoms with van der Waals surface area (Å²) in [5.74, 6) is 0.477. The van der Waals surface area contributed by atoms with Crippen LogP contribution in [0.3, 0.4) is 0 Å². The lowest BCUT2D eigenvalue weighted by molar-refractivity contribution is 0.197. The first-order valence-electron chi connectivity index (χ1n) is 6.85.